The summed E-state index contributed by atoms with van der Waals surface area (Å²) in [5.74, 6) is 1.21. The molecule has 0 atom stereocenters. The minimum absolute atomic E-state index is 0.0561. The maximum absolute atomic E-state index is 12.8. The third-order valence-electron chi connectivity index (χ3n) is 3.52. The smallest absolute Gasteiger partial charge is 0.263 e. The highest BCUT2D eigenvalue weighted by molar-refractivity contribution is 5.75. The van der Waals surface area contributed by atoms with Gasteiger partial charge in [0.1, 0.15) is 5.82 Å². The average Bonchev–Trinajstić information content (AvgIpc) is 2.52. The van der Waals surface area contributed by atoms with Gasteiger partial charge in [-0.25, -0.2) is 4.98 Å². The van der Waals surface area contributed by atoms with Crippen molar-refractivity contribution in [3.05, 3.63) is 64.5 Å². The lowest BCUT2D eigenvalue weighted by atomic mass is 10.1. The fourth-order valence-electron chi connectivity index (χ4n) is 2.48. The molecule has 2 heterocycles. The van der Waals surface area contributed by atoms with E-state index in [-0.39, 0.29) is 5.56 Å². The fourth-order valence-corrected chi connectivity index (χ4v) is 2.48. The van der Waals surface area contributed by atoms with Gasteiger partial charge >= 0.3 is 0 Å². The Kier molecular flexibility index (Phi) is 3.96. The van der Waals surface area contributed by atoms with Crippen LogP contribution in [0, 0.1) is 5.92 Å². The summed E-state index contributed by atoms with van der Waals surface area (Å²) in [7, 11) is 0. The van der Waals surface area contributed by atoms with Crippen molar-refractivity contribution in [3.8, 4) is 0 Å². The summed E-state index contributed by atoms with van der Waals surface area (Å²) < 4.78 is 1.75. The predicted octanol–water partition coefficient (Wildman–Crippen LogP) is 2.43. The zero-order chi connectivity index (χ0) is 15.5. The topological polar surface area (TPSA) is 60.7 Å². The van der Waals surface area contributed by atoms with Crippen molar-refractivity contribution in [1.29, 1.82) is 0 Å². The largest absolute Gasteiger partial charge is 0.292 e. The van der Waals surface area contributed by atoms with E-state index in [9.17, 15) is 4.79 Å². The van der Waals surface area contributed by atoms with Crippen molar-refractivity contribution in [2.75, 3.05) is 0 Å². The van der Waals surface area contributed by atoms with Crippen LogP contribution in [0.2, 0.25) is 0 Å². The molecule has 0 aliphatic rings. The summed E-state index contributed by atoms with van der Waals surface area (Å²) in [6.45, 7) is 4.76. The molecule has 0 aliphatic carbocycles. The molecule has 0 N–H and O–H groups in total. The Labute approximate surface area is 128 Å². The van der Waals surface area contributed by atoms with Gasteiger partial charge in [-0.2, -0.15) is 10.2 Å². The predicted molar refractivity (Wildman–Crippen MR) is 85.7 cm³/mol. The first-order valence-electron chi connectivity index (χ1n) is 7.39. The van der Waals surface area contributed by atoms with Crippen LogP contribution in [0.5, 0.6) is 0 Å². The van der Waals surface area contributed by atoms with Gasteiger partial charge in [0, 0.05) is 6.42 Å². The molecule has 2 aromatic heterocycles. The van der Waals surface area contributed by atoms with E-state index < -0.39 is 0 Å². The second kappa shape index (κ2) is 6.05. The van der Waals surface area contributed by atoms with E-state index >= 15 is 0 Å². The Balaban J connectivity index is 2.16. The first-order chi connectivity index (χ1) is 10.6. The van der Waals surface area contributed by atoms with E-state index in [1.165, 1.54) is 6.20 Å². The normalized spacial score (nSPS) is 11.2. The van der Waals surface area contributed by atoms with Crippen LogP contribution in [-0.2, 0) is 13.0 Å². The molecule has 5 nitrogen and oxygen atoms in total. The summed E-state index contributed by atoms with van der Waals surface area (Å²) in [4.78, 5) is 17.4. The third kappa shape index (κ3) is 2.88. The van der Waals surface area contributed by atoms with Gasteiger partial charge in [-0.1, -0.05) is 44.2 Å². The molecule has 3 aromatic rings. The van der Waals surface area contributed by atoms with Crippen LogP contribution in [-0.4, -0.2) is 19.7 Å². The van der Waals surface area contributed by atoms with Gasteiger partial charge in [-0.15, -0.1) is 0 Å². The van der Waals surface area contributed by atoms with Crippen molar-refractivity contribution in [2.24, 2.45) is 5.92 Å². The van der Waals surface area contributed by atoms with Crippen molar-refractivity contribution in [3.63, 3.8) is 0 Å². The summed E-state index contributed by atoms with van der Waals surface area (Å²) >= 11 is 0. The van der Waals surface area contributed by atoms with Crippen LogP contribution in [0.15, 0.2) is 47.5 Å². The van der Waals surface area contributed by atoms with Crippen molar-refractivity contribution < 1.29 is 0 Å². The molecule has 0 radical (unpaired) electrons. The molecule has 0 bridgehead atoms. The highest BCUT2D eigenvalue weighted by atomic mass is 16.1. The number of aromatic nitrogens is 4. The minimum atomic E-state index is -0.0561. The molecule has 0 fully saturated rings. The van der Waals surface area contributed by atoms with Crippen LogP contribution in [0.3, 0.4) is 0 Å². The molecule has 0 amide bonds. The van der Waals surface area contributed by atoms with Crippen LogP contribution in [0.25, 0.3) is 10.9 Å². The lowest BCUT2D eigenvalue weighted by Gasteiger charge is -2.14. The van der Waals surface area contributed by atoms with E-state index in [4.69, 9.17) is 0 Å². The van der Waals surface area contributed by atoms with Gasteiger partial charge in [-0.3, -0.25) is 9.36 Å². The van der Waals surface area contributed by atoms with Crippen LogP contribution in [0.4, 0.5) is 0 Å². The Morgan fingerprint density at radius 2 is 1.82 bits per heavy atom. The van der Waals surface area contributed by atoms with Crippen molar-refractivity contribution in [1.82, 2.24) is 19.7 Å². The zero-order valence-corrected chi connectivity index (χ0v) is 12.7. The van der Waals surface area contributed by atoms with E-state index in [1.54, 1.807) is 10.8 Å². The number of hydrogen-bond acceptors (Lipinski definition) is 4. The molecule has 112 valence electrons. The fraction of sp³-hybridized carbons (Fsp3) is 0.294. The molecule has 3 rings (SSSR count). The highest BCUT2D eigenvalue weighted by Crippen LogP contribution is 2.11. The zero-order valence-electron chi connectivity index (χ0n) is 12.7. The Hall–Kier alpha value is -2.56. The first-order valence-corrected chi connectivity index (χ1v) is 7.39. The lowest BCUT2D eigenvalue weighted by molar-refractivity contribution is 0.574. The number of fused-ring (bicyclic) bond motifs is 1. The van der Waals surface area contributed by atoms with Gasteiger partial charge in [-0.05, 0) is 11.5 Å². The molecule has 5 heteroatoms. The first kappa shape index (κ1) is 14.4. The van der Waals surface area contributed by atoms with E-state index in [0.717, 1.165) is 17.8 Å². The summed E-state index contributed by atoms with van der Waals surface area (Å²) in [6.07, 6.45) is 3.79. The van der Waals surface area contributed by atoms with Crippen LogP contribution < -0.4 is 5.56 Å². The van der Waals surface area contributed by atoms with Crippen molar-refractivity contribution in [2.45, 2.75) is 26.8 Å². The maximum atomic E-state index is 12.8. The summed E-state index contributed by atoms with van der Waals surface area (Å²) in [5, 5.41) is 8.15. The van der Waals surface area contributed by atoms with Gasteiger partial charge < -0.3 is 0 Å². The Morgan fingerprint density at radius 3 is 2.55 bits per heavy atom. The van der Waals surface area contributed by atoms with Gasteiger partial charge in [0.15, 0.2) is 0 Å². The second-order valence-electron chi connectivity index (χ2n) is 5.79. The van der Waals surface area contributed by atoms with Crippen LogP contribution in [0.1, 0.15) is 25.2 Å². The Morgan fingerprint density at radius 1 is 1.09 bits per heavy atom. The number of nitrogens with zero attached hydrogens (tertiary/aromatic N) is 4. The van der Waals surface area contributed by atoms with E-state index in [2.05, 4.69) is 29.0 Å². The molecular formula is C17H18N4O. The monoisotopic (exact) mass is 294 g/mol. The molecule has 0 saturated heterocycles. The molecule has 0 saturated carbocycles. The van der Waals surface area contributed by atoms with E-state index in [1.807, 2.05) is 30.3 Å². The molecular weight excluding hydrogens is 276 g/mol. The number of hydrogen-bond donors (Lipinski definition) is 0. The third-order valence-corrected chi connectivity index (χ3v) is 3.52. The average molecular weight is 294 g/mol. The van der Waals surface area contributed by atoms with Crippen LogP contribution >= 0.6 is 0 Å². The van der Waals surface area contributed by atoms with Gasteiger partial charge in [0.05, 0.1) is 29.8 Å². The summed E-state index contributed by atoms with van der Waals surface area (Å²) in [6, 6.07) is 9.95. The molecule has 0 aliphatic heterocycles. The lowest BCUT2D eigenvalue weighted by Crippen LogP contribution is -2.27. The molecule has 22 heavy (non-hydrogen) atoms. The van der Waals surface area contributed by atoms with Gasteiger partial charge in [0.2, 0.25) is 0 Å². The van der Waals surface area contributed by atoms with E-state index in [0.29, 0.717) is 23.4 Å². The maximum Gasteiger partial charge on any atom is 0.263 e. The number of rotatable bonds is 4. The second-order valence-corrected chi connectivity index (χ2v) is 5.79. The van der Waals surface area contributed by atoms with Gasteiger partial charge in [0.25, 0.3) is 5.56 Å². The highest BCUT2D eigenvalue weighted by Gasteiger charge is 2.13. The van der Waals surface area contributed by atoms with Crippen molar-refractivity contribution >= 4 is 10.9 Å². The quantitative estimate of drug-likeness (QED) is 0.741. The SMILES string of the molecule is CC(C)Cc1nc2cnncc2c(=O)n1Cc1ccccc1. The summed E-state index contributed by atoms with van der Waals surface area (Å²) in [5.41, 5.74) is 1.64. The number of benzene rings is 1. The molecule has 0 spiro atoms. The Bertz CT molecular complexity index is 840. The molecule has 1 aromatic carbocycles. The molecule has 0 unspecified atom stereocenters. The standard InChI is InChI=1S/C17H18N4O/c1-12(2)8-16-20-15-10-19-18-9-14(15)17(22)21(16)11-13-6-4-3-5-7-13/h3-7,9-10,12H,8,11H2,1-2H3. The minimum Gasteiger partial charge on any atom is -0.292 e.